The third-order valence-corrected chi connectivity index (χ3v) is 5.61. The molecular formula is C23H19Cl3N4O5. The van der Waals surface area contributed by atoms with Crippen LogP contribution in [0.2, 0.25) is 15.1 Å². The monoisotopic (exact) mass is 536 g/mol. The van der Waals surface area contributed by atoms with Crippen LogP contribution >= 0.6 is 34.8 Å². The first kappa shape index (κ1) is 26.2. The van der Waals surface area contributed by atoms with E-state index in [-0.39, 0.29) is 44.3 Å². The fourth-order valence-corrected chi connectivity index (χ4v) is 3.75. The van der Waals surface area contributed by atoms with Gasteiger partial charge in [-0.2, -0.15) is 5.10 Å². The summed E-state index contributed by atoms with van der Waals surface area (Å²) in [5.41, 5.74) is 2.57. The van der Waals surface area contributed by atoms with Crippen molar-refractivity contribution in [2.45, 2.75) is 19.9 Å². The number of hydrazone groups is 1. The first-order valence-electron chi connectivity index (χ1n) is 10.2. The molecule has 0 fully saturated rings. The van der Waals surface area contributed by atoms with Crippen molar-refractivity contribution in [3.63, 3.8) is 0 Å². The molecule has 0 radical (unpaired) electrons. The Morgan fingerprint density at radius 2 is 1.74 bits per heavy atom. The van der Waals surface area contributed by atoms with E-state index in [1.54, 1.807) is 13.8 Å². The van der Waals surface area contributed by atoms with E-state index in [0.29, 0.717) is 5.02 Å². The molecule has 182 valence electrons. The van der Waals surface area contributed by atoms with E-state index in [0.717, 1.165) is 0 Å². The minimum absolute atomic E-state index is 0.158. The van der Waals surface area contributed by atoms with E-state index >= 15 is 0 Å². The molecule has 0 saturated heterocycles. The zero-order valence-corrected chi connectivity index (χ0v) is 20.7. The lowest BCUT2D eigenvalue weighted by atomic mass is 10.0. The number of nitrogens with zero attached hydrogens (tertiary/aromatic N) is 2. The van der Waals surface area contributed by atoms with Crippen LogP contribution in [0, 0.1) is 16.0 Å². The van der Waals surface area contributed by atoms with Crippen molar-refractivity contribution in [3.05, 3.63) is 85.0 Å². The fraction of sp³-hybridized carbons (Fsp3) is 0.174. The lowest BCUT2D eigenvalue weighted by Gasteiger charge is -2.20. The van der Waals surface area contributed by atoms with Gasteiger partial charge in [0.05, 0.1) is 27.3 Å². The highest BCUT2D eigenvalue weighted by atomic mass is 35.5. The highest BCUT2D eigenvalue weighted by Gasteiger charge is 2.25. The molecule has 12 heteroatoms. The number of rotatable bonds is 8. The summed E-state index contributed by atoms with van der Waals surface area (Å²) >= 11 is 17.8. The van der Waals surface area contributed by atoms with Gasteiger partial charge in [0.2, 0.25) is 0 Å². The van der Waals surface area contributed by atoms with Crippen molar-refractivity contribution in [3.8, 4) is 11.3 Å². The van der Waals surface area contributed by atoms with Gasteiger partial charge in [-0.25, -0.2) is 5.43 Å². The highest BCUT2D eigenvalue weighted by Crippen LogP contribution is 2.33. The SMILES string of the molecule is CC(C)C(NC(=O)c1ccc(Cl)cc1Cl)C(=O)NN=Cc1ccc(-c2ccc(Cl)cc2[N+](=O)[O-])o1. The second-order valence-corrected chi connectivity index (χ2v) is 8.95. The van der Waals surface area contributed by atoms with Gasteiger partial charge in [0, 0.05) is 16.1 Å². The summed E-state index contributed by atoms with van der Waals surface area (Å²) in [6.07, 6.45) is 1.23. The normalized spacial score (nSPS) is 12.1. The molecule has 35 heavy (non-hydrogen) atoms. The lowest BCUT2D eigenvalue weighted by Crippen LogP contribution is -2.48. The van der Waals surface area contributed by atoms with Crippen LogP contribution in [-0.4, -0.2) is 29.0 Å². The molecule has 0 bridgehead atoms. The Hall–Kier alpha value is -3.40. The van der Waals surface area contributed by atoms with E-state index in [2.05, 4.69) is 15.8 Å². The number of nitro benzene ring substituents is 1. The van der Waals surface area contributed by atoms with Crippen LogP contribution in [0.25, 0.3) is 11.3 Å². The largest absolute Gasteiger partial charge is 0.455 e. The smallest absolute Gasteiger partial charge is 0.281 e. The molecule has 2 amide bonds. The van der Waals surface area contributed by atoms with Crippen molar-refractivity contribution in [1.82, 2.24) is 10.7 Å². The Balaban J connectivity index is 1.68. The van der Waals surface area contributed by atoms with Gasteiger partial charge < -0.3 is 9.73 Å². The molecule has 2 aromatic carbocycles. The zero-order valence-electron chi connectivity index (χ0n) is 18.4. The van der Waals surface area contributed by atoms with Gasteiger partial charge in [-0.3, -0.25) is 19.7 Å². The van der Waals surface area contributed by atoms with Crippen molar-refractivity contribution >= 4 is 58.5 Å². The molecule has 0 saturated carbocycles. The number of carbonyl (C=O) groups is 2. The predicted octanol–water partition coefficient (Wildman–Crippen LogP) is 5.72. The molecule has 3 aromatic rings. The van der Waals surface area contributed by atoms with Gasteiger partial charge in [0.15, 0.2) is 0 Å². The minimum Gasteiger partial charge on any atom is -0.455 e. The van der Waals surface area contributed by atoms with Gasteiger partial charge in [-0.1, -0.05) is 48.7 Å². The summed E-state index contributed by atoms with van der Waals surface area (Å²) in [7, 11) is 0. The topological polar surface area (TPSA) is 127 Å². The lowest BCUT2D eigenvalue weighted by molar-refractivity contribution is -0.384. The average Bonchev–Trinajstić information content (AvgIpc) is 3.25. The van der Waals surface area contributed by atoms with Gasteiger partial charge in [-0.05, 0) is 48.4 Å². The Morgan fingerprint density at radius 3 is 2.40 bits per heavy atom. The molecule has 9 nitrogen and oxygen atoms in total. The van der Waals surface area contributed by atoms with E-state index < -0.39 is 22.8 Å². The molecular weight excluding hydrogens is 519 g/mol. The first-order chi connectivity index (χ1) is 16.6. The maximum Gasteiger partial charge on any atom is 0.281 e. The standard InChI is InChI=1S/C23H19Cl3N4O5/c1-12(2)21(28-22(31)16-6-3-13(24)9-18(16)26)23(32)29-27-11-15-5-8-20(35-15)17-7-4-14(25)10-19(17)30(33)34/h3-12,21H,1-2H3,(H,28,31)(H,29,32). The molecule has 1 unspecified atom stereocenters. The van der Waals surface area contributed by atoms with Crippen LogP contribution in [0.4, 0.5) is 5.69 Å². The molecule has 0 aliphatic heterocycles. The third kappa shape index (κ3) is 6.60. The molecule has 3 rings (SSSR count). The van der Waals surface area contributed by atoms with Crippen LogP contribution in [-0.2, 0) is 4.79 Å². The number of halogens is 3. The molecule has 1 atom stereocenters. The molecule has 2 N–H and O–H groups in total. The number of amides is 2. The van der Waals surface area contributed by atoms with Gasteiger partial charge in [-0.15, -0.1) is 0 Å². The number of benzene rings is 2. The maximum absolute atomic E-state index is 12.6. The Labute approximate surface area is 215 Å². The molecule has 0 aliphatic rings. The minimum atomic E-state index is -0.907. The first-order valence-corrected chi connectivity index (χ1v) is 11.3. The Bertz CT molecular complexity index is 1310. The fourth-order valence-electron chi connectivity index (χ4n) is 3.09. The summed E-state index contributed by atoms with van der Waals surface area (Å²) < 4.78 is 5.59. The van der Waals surface area contributed by atoms with Gasteiger partial charge >= 0.3 is 0 Å². The van der Waals surface area contributed by atoms with Gasteiger partial charge in [0.25, 0.3) is 17.5 Å². The number of hydrogen-bond donors (Lipinski definition) is 2. The molecule has 0 spiro atoms. The van der Waals surface area contributed by atoms with E-state index in [1.165, 1.54) is 54.7 Å². The van der Waals surface area contributed by atoms with Crippen LogP contribution in [0.1, 0.15) is 30.0 Å². The Morgan fingerprint density at radius 1 is 1.06 bits per heavy atom. The van der Waals surface area contributed by atoms with E-state index in [1.807, 2.05) is 0 Å². The van der Waals surface area contributed by atoms with Crippen LogP contribution in [0.5, 0.6) is 0 Å². The molecule has 1 heterocycles. The second kappa shape index (κ2) is 11.4. The van der Waals surface area contributed by atoms with E-state index in [9.17, 15) is 19.7 Å². The molecule has 0 aliphatic carbocycles. The second-order valence-electron chi connectivity index (χ2n) is 7.67. The van der Waals surface area contributed by atoms with Crippen molar-refractivity contribution < 1.29 is 18.9 Å². The van der Waals surface area contributed by atoms with Crippen molar-refractivity contribution in [2.75, 3.05) is 0 Å². The summed E-state index contributed by atoms with van der Waals surface area (Å²) in [5.74, 6) is -0.892. The van der Waals surface area contributed by atoms with Crippen molar-refractivity contribution in [2.24, 2.45) is 11.0 Å². The van der Waals surface area contributed by atoms with Crippen LogP contribution in [0.3, 0.4) is 0 Å². The third-order valence-electron chi connectivity index (χ3n) is 4.83. The predicted molar refractivity (Wildman–Crippen MR) is 134 cm³/mol. The van der Waals surface area contributed by atoms with E-state index in [4.69, 9.17) is 39.2 Å². The summed E-state index contributed by atoms with van der Waals surface area (Å²) in [6.45, 7) is 3.52. The van der Waals surface area contributed by atoms with Crippen LogP contribution < -0.4 is 10.7 Å². The number of nitrogens with one attached hydrogen (secondary N) is 2. The average molecular weight is 538 g/mol. The summed E-state index contributed by atoms with van der Waals surface area (Å²) in [5, 5.41) is 18.6. The highest BCUT2D eigenvalue weighted by molar-refractivity contribution is 6.36. The Kier molecular flexibility index (Phi) is 8.50. The van der Waals surface area contributed by atoms with Crippen LogP contribution in [0.15, 0.2) is 58.0 Å². The summed E-state index contributed by atoms with van der Waals surface area (Å²) in [6, 6.07) is 10.8. The maximum atomic E-state index is 12.6. The van der Waals surface area contributed by atoms with Gasteiger partial charge in [0.1, 0.15) is 17.6 Å². The number of furan rings is 1. The van der Waals surface area contributed by atoms with Crippen molar-refractivity contribution in [1.29, 1.82) is 0 Å². The molecule has 1 aromatic heterocycles. The number of carbonyl (C=O) groups excluding carboxylic acids is 2. The zero-order chi connectivity index (χ0) is 25.7. The quantitative estimate of drug-likeness (QED) is 0.216. The number of hydrogen-bond acceptors (Lipinski definition) is 6. The summed E-state index contributed by atoms with van der Waals surface area (Å²) in [4.78, 5) is 36.0. The number of nitro groups is 1.